The molecule has 0 atom stereocenters. The van der Waals surface area contributed by atoms with Crippen molar-refractivity contribution in [2.24, 2.45) is 16.6 Å². The van der Waals surface area contributed by atoms with Crippen molar-refractivity contribution in [3.05, 3.63) is 35.4 Å². The van der Waals surface area contributed by atoms with Gasteiger partial charge in [0.25, 0.3) is 0 Å². The maximum atomic E-state index is 5.77. The van der Waals surface area contributed by atoms with E-state index in [1.54, 1.807) is 0 Å². The number of hydrogen-bond acceptors (Lipinski definition) is 1. The van der Waals surface area contributed by atoms with Gasteiger partial charge < -0.3 is 5.73 Å². The van der Waals surface area contributed by atoms with Gasteiger partial charge in [-0.2, -0.15) is 0 Å². The largest absolute Gasteiger partial charge is 0.387 e. The predicted octanol–water partition coefficient (Wildman–Crippen LogP) is 2.55. The smallest absolute Gasteiger partial charge is 0.0962 e. The molecule has 82 valence electrons. The summed E-state index contributed by atoms with van der Waals surface area (Å²) in [6.45, 7) is 7.04. The molecule has 0 radical (unpaired) electrons. The summed E-state index contributed by atoms with van der Waals surface area (Å²) >= 11 is 0. The van der Waals surface area contributed by atoms with Crippen LogP contribution in [0.15, 0.2) is 29.3 Å². The second kappa shape index (κ2) is 5.54. The van der Waals surface area contributed by atoms with Gasteiger partial charge in [0.2, 0.25) is 0 Å². The number of nitrogens with zero attached hydrogens (tertiary/aromatic N) is 1. The van der Waals surface area contributed by atoms with E-state index in [2.05, 4.69) is 50.0 Å². The van der Waals surface area contributed by atoms with E-state index in [9.17, 15) is 0 Å². The Bertz CT molecular complexity index is 340. The number of amidine groups is 1. The number of benzene rings is 1. The van der Waals surface area contributed by atoms with Crippen LogP contribution in [0.1, 0.15) is 25.0 Å². The maximum absolute atomic E-state index is 5.77. The van der Waals surface area contributed by atoms with E-state index in [1.165, 1.54) is 11.1 Å². The average molecular weight is 204 g/mol. The van der Waals surface area contributed by atoms with Crippen LogP contribution in [0.3, 0.4) is 0 Å². The van der Waals surface area contributed by atoms with E-state index in [0.717, 1.165) is 18.8 Å². The van der Waals surface area contributed by atoms with Crippen molar-refractivity contribution >= 4 is 5.84 Å². The van der Waals surface area contributed by atoms with Crippen molar-refractivity contribution in [2.75, 3.05) is 6.54 Å². The van der Waals surface area contributed by atoms with Gasteiger partial charge in [0, 0.05) is 12.5 Å². The van der Waals surface area contributed by atoms with Crippen molar-refractivity contribution in [2.45, 2.75) is 27.2 Å². The summed E-state index contributed by atoms with van der Waals surface area (Å²) in [6, 6.07) is 8.41. The molecule has 2 nitrogen and oxygen atoms in total. The lowest BCUT2D eigenvalue weighted by Gasteiger charge is -2.05. The molecule has 0 heterocycles. The highest BCUT2D eigenvalue weighted by Gasteiger charge is 1.99. The Morgan fingerprint density at radius 2 is 2.00 bits per heavy atom. The molecule has 0 aromatic heterocycles. The third kappa shape index (κ3) is 3.74. The molecule has 0 saturated heterocycles. The molecule has 0 aliphatic heterocycles. The molecule has 1 rings (SSSR count). The maximum Gasteiger partial charge on any atom is 0.0962 e. The molecule has 1 aromatic rings. The standard InChI is InChI=1S/C13H20N2/c1-10(2)13(14)15-9-8-12-7-5-4-6-11(12)3/h4-7,10H,8-9H2,1-3H3,(H2,14,15). The van der Waals surface area contributed by atoms with Crippen LogP contribution >= 0.6 is 0 Å². The summed E-state index contributed by atoms with van der Waals surface area (Å²) in [5.74, 6) is 1.10. The highest BCUT2D eigenvalue weighted by Crippen LogP contribution is 2.07. The molecule has 0 fully saturated rings. The zero-order chi connectivity index (χ0) is 11.3. The van der Waals surface area contributed by atoms with Crippen LogP contribution < -0.4 is 5.73 Å². The quantitative estimate of drug-likeness (QED) is 0.594. The molecule has 0 aliphatic rings. The number of aliphatic imine (C=N–C) groups is 1. The Hall–Kier alpha value is -1.31. The van der Waals surface area contributed by atoms with Crippen molar-refractivity contribution in [3.8, 4) is 0 Å². The predicted molar refractivity (Wildman–Crippen MR) is 66.2 cm³/mol. The highest BCUT2D eigenvalue weighted by atomic mass is 14.8. The molecular formula is C13H20N2. The molecule has 1 aromatic carbocycles. The molecule has 15 heavy (non-hydrogen) atoms. The van der Waals surface area contributed by atoms with E-state index in [-0.39, 0.29) is 0 Å². The third-order valence-electron chi connectivity index (χ3n) is 2.53. The number of rotatable bonds is 4. The van der Waals surface area contributed by atoms with Crippen molar-refractivity contribution in [3.63, 3.8) is 0 Å². The summed E-state index contributed by atoms with van der Waals surface area (Å²) in [5, 5.41) is 0. The zero-order valence-electron chi connectivity index (χ0n) is 9.83. The first kappa shape index (κ1) is 11.8. The zero-order valence-corrected chi connectivity index (χ0v) is 9.83. The molecule has 0 spiro atoms. The molecular weight excluding hydrogens is 184 g/mol. The fraction of sp³-hybridized carbons (Fsp3) is 0.462. The minimum absolute atomic E-state index is 0.349. The van der Waals surface area contributed by atoms with E-state index in [1.807, 2.05) is 0 Å². The van der Waals surface area contributed by atoms with Crippen LogP contribution in [0.25, 0.3) is 0 Å². The van der Waals surface area contributed by atoms with Crippen LogP contribution in [-0.4, -0.2) is 12.4 Å². The normalized spacial score (nSPS) is 12.1. The minimum atomic E-state index is 0.349. The van der Waals surface area contributed by atoms with Gasteiger partial charge in [0.1, 0.15) is 0 Å². The topological polar surface area (TPSA) is 38.4 Å². The Balaban J connectivity index is 2.52. The van der Waals surface area contributed by atoms with E-state index < -0.39 is 0 Å². The molecule has 0 bridgehead atoms. The fourth-order valence-electron chi connectivity index (χ4n) is 1.38. The number of aryl methyl sites for hydroxylation is 1. The second-order valence-corrected chi connectivity index (χ2v) is 4.14. The van der Waals surface area contributed by atoms with Gasteiger partial charge in [-0.25, -0.2) is 0 Å². The number of nitrogens with two attached hydrogens (primary N) is 1. The van der Waals surface area contributed by atoms with Crippen molar-refractivity contribution in [1.82, 2.24) is 0 Å². The number of hydrogen-bond donors (Lipinski definition) is 1. The van der Waals surface area contributed by atoms with Crippen molar-refractivity contribution in [1.29, 1.82) is 0 Å². The summed E-state index contributed by atoms with van der Waals surface area (Å²) in [6.07, 6.45) is 0.972. The molecule has 0 saturated carbocycles. The first-order valence-corrected chi connectivity index (χ1v) is 5.45. The Kier molecular flexibility index (Phi) is 4.35. The summed E-state index contributed by atoms with van der Waals surface area (Å²) in [4.78, 5) is 4.35. The van der Waals surface area contributed by atoms with E-state index >= 15 is 0 Å². The van der Waals surface area contributed by atoms with Crippen LogP contribution in [0.4, 0.5) is 0 Å². The second-order valence-electron chi connectivity index (χ2n) is 4.14. The van der Waals surface area contributed by atoms with Gasteiger partial charge in [-0.3, -0.25) is 4.99 Å². The Labute approximate surface area is 92.2 Å². The lowest BCUT2D eigenvalue weighted by molar-refractivity contribution is 0.847. The van der Waals surface area contributed by atoms with Gasteiger partial charge in [0.05, 0.1) is 5.84 Å². The SMILES string of the molecule is Cc1ccccc1CCN=C(N)C(C)C. The first-order valence-electron chi connectivity index (χ1n) is 5.45. The van der Waals surface area contributed by atoms with Gasteiger partial charge in [-0.15, -0.1) is 0 Å². The minimum Gasteiger partial charge on any atom is -0.387 e. The summed E-state index contributed by atoms with van der Waals surface area (Å²) < 4.78 is 0. The van der Waals surface area contributed by atoms with Crippen LogP contribution in [0, 0.1) is 12.8 Å². The monoisotopic (exact) mass is 204 g/mol. The molecule has 0 amide bonds. The van der Waals surface area contributed by atoms with E-state index in [4.69, 9.17) is 5.73 Å². The van der Waals surface area contributed by atoms with Crippen molar-refractivity contribution < 1.29 is 0 Å². The summed E-state index contributed by atoms with van der Waals surface area (Å²) in [5.41, 5.74) is 8.46. The lowest BCUT2D eigenvalue weighted by atomic mass is 10.1. The van der Waals surface area contributed by atoms with Crippen LogP contribution in [0.5, 0.6) is 0 Å². The Morgan fingerprint density at radius 1 is 1.33 bits per heavy atom. The molecule has 2 heteroatoms. The van der Waals surface area contributed by atoms with Crippen LogP contribution in [0.2, 0.25) is 0 Å². The molecule has 0 aliphatic carbocycles. The van der Waals surface area contributed by atoms with Crippen LogP contribution in [-0.2, 0) is 6.42 Å². The first-order chi connectivity index (χ1) is 7.11. The summed E-state index contributed by atoms with van der Waals surface area (Å²) in [7, 11) is 0. The Morgan fingerprint density at radius 3 is 2.60 bits per heavy atom. The highest BCUT2D eigenvalue weighted by molar-refractivity contribution is 5.82. The van der Waals surface area contributed by atoms with Gasteiger partial charge in [0.15, 0.2) is 0 Å². The third-order valence-corrected chi connectivity index (χ3v) is 2.53. The average Bonchev–Trinajstić information content (AvgIpc) is 2.20. The molecule has 2 N–H and O–H groups in total. The van der Waals surface area contributed by atoms with Gasteiger partial charge >= 0.3 is 0 Å². The lowest BCUT2D eigenvalue weighted by Crippen LogP contribution is -2.19. The van der Waals surface area contributed by atoms with Gasteiger partial charge in [-0.05, 0) is 24.5 Å². The van der Waals surface area contributed by atoms with E-state index in [0.29, 0.717) is 5.92 Å². The van der Waals surface area contributed by atoms with Gasteiger partial charge in [-0.1, -0.05) is 38.1 Å². The molecule has 0 unspecified atom stereocenters. The fourth-order valence-corrected chi connectivity index (χ4v) is 1.38.